The summed E-state index contributed by atoms with van der Waals surface area (Å²) in [6.07, 6.45) is -0.228. The van der Waals surface area contributed by atoms with E-state index >= 15 is 0 Å². The number of hydrogen-bond donors (Lipinski definition) is 1. The van der Waals surface area contributed by atoms with E-state index in [2.05, 4.69) is 0 Å². The van der Waals surface area contributed by atoms with E-state index in [9.17, 15) is 8.42 Å². The zero-order valence-corrected chi connectivity index (χ0v) is 11.4. The molecule has 1 unspecified atom stereocenters. The molecule has 8 heteroatoms. The smallest absolute Gasteiger partial charge is 0.252 e. The summed E-state index contributed by atoms with van der Waals surface area (Å²) in [4.78, 5) is 0. The highest BCUT2D eigenvalue weighted by Gasteiger charge is 2.31. The zero-order chi connectivity index (χ0) is 12.5. The summed E-state index contributed by atoms with van der Waals surface area (Å²) < 4.78 is 32.0. The first-order chi connectivity index (χ1) is 8.04. The molecule has 0 spiro atoms. The van der Waals surface area contributed by atoms with Gasteiger partial charge in [-0.05, 0) is 12.1 Å². The van der Waals surface area contributed by atoms with E-state index in [0.717, 1.165) is 11.3 Å². The van der Waals surface area contributed by atoms with Crippen molar-refractivity contribution in [2.75, 3.05) is 26.2 Å². The largest absolute Gasteiger partial charge is 0.374 e. The van der Waals surface area contributed by atoms with E-state index in [4.69, 9.17) is 22.1 Å². The van der Waals surface area contributed by atoms with Gasteiger partial charge in [-0.2, -0.15) is 4.31 Å². The van der Waals surface area contributed by atoms with Crippen molar-refractivity contribution in [3.63, 3.8) is 0 Å². The fraction of sp³-hybridized carbons (Fsp3) is 0.556. The minimum Gasteiger partial charge on any atom is -0.374 e. The first-order valence-electron chi connectivity index (χ1n) is 5.11. The van der Waals surface area contributed by atoms with Crippen LogP contribution in [0.4, 0.5) is 0 Å². The average Bonchev–Trinajstić information content (AvgIpc) is 2.76. The Balaban J connectivity index is 2.21. The van der Waals surface area contributed by atoms with Crippen LogP contribution in [-0.2, 0) is 14.8 Å². The molecule has 0 bridgehead atoms. The molecule has 0 aromatic carbocycles. The summed E-state index contributed by atoms with van der Waals surface area (Å²) in [5.41, 5.74) is 5.49. The highest BCUT2D eigenvalue weighted by atomic mass is 35.5. The number of nitrogens with two attached hydrogens (primary N) is 1. The quantitative estimate of drug-likeness (QED) is 0.893. The third kappa shape index (κ3) is 2.81. The standard InChI is InChI=1S/C9H13ClN2O3S2/c10-8-1-2-9(16-8)17(13,14)12-3-4-15-7(5-11)6-12/h1-2,7H,3-6,11H2. The van der Waals surface area contributed by atoms with Gasteiger partial charge in [-0.25, -0.2) is 8.42 Å². The molecule has 2 heterocycles. The van der Waals surface area contributed by atoms with Crippen LogP contribution in [0.1, 0.15) is 0 Å². The van der Waals surface area contributed by atoms with Crippen LogP contribution in [0.3, 0.4) is 0 Å². The molecule has 17 heavy (non-hydrogen) atoms. The Bertz CT molecular complexity index is 488. The molecule has 1 saturated heterocycles. The Morgan fingerprint density at radius 1 is 1.59 bits per heavy atom. The van der Waals surface area contributed by atoms with Crippen molar-refractivity contribution in [3.8, 4) is 0 Å². The van der Waals surface area contributed by atoms with Crippen LogP contribution in [-0.4, -0.2) is 45.1 Å². The number of hydrogen-bond acceptors (Lipinski definition) is 5. The second kappa shape index (κ2) is 5.21. The Morgan fingerprint density at radius 2 is 2.35 bits per heavy atom. The van der Waals surface area contributed by atoms with E-state index in [-0.39, 0.29) is 10.3 Å². The van der Waals surface area contributed by atoms with E-state index in [1.54, 1.807) is 6.07 Å². The number of morpholine rings is 1. The summed E-state index contributed by atoms with van der Waals surface area (Å²) in [5, 5.41) is 0. The van der Waals surface area contributed by atoms with Gasteiger partial charge in [0, 0.05) is 19.6 Å². The number of nitrogens with zero attached hydrogens (tertiary/aromatic N) is 1. The molecule has 0 aliphatic carbocycles. The van der Waals surface area contributed by atoms with E-state index in [1.807, 2.05) is 0 Å². The maximum Gasteiger partial charge on any atom is 0.252 e. The number of thiophene rings is 1. The van der Waals surface area contributed by atoms with Crippen molar-refractivity contribution < 1.29 is 13.2 Å². The summed E-state index contributed by atoms with van der Waals surface area (Å²) in [7, 11) is -3.45. The number of sulfonamides is 1. The van der Waals surface area contributed by atoms with E-state index < -0.39 is 10.0 Å². The van der Waals surface area contributed by atoms with Crippen molar-refractivity contribution in [1.29, 1.82) is 0 Å². The van der Waals surface area contributed by atoms with Crippen LogP contribution in [0, 0.1) is 0 Å². The lowest BCUT2D eigenvalue weighted by molar-refractivity contribution is 0.00456. The summed E-state index contributed by atoms with van der Waals surface area (Å²) in [6, 6.07) is 3.11. The molecular formula is C9H13ClN2O3S2. The Morgan fingerprint density at radius 3 is 2.94 bits per heavy atom. The molecule has 1 atom stereocenters. The van der Waals surface area contributed by atoms with Gasteiger partial charge in [-0.3, -0.25) is 0 Å². The molecule has 1 aliphatic rings. The lowest BCUT2D eigenvalue weighted by Gasteiger charge is -2.31. The van der Waals surface area contributed by atoms with Gasteiger partial charge in [-0.15, -0.1) is 11.3 Å². The SMILES string of the molecule is NCC1CN(S(=O)(=O)c2ccc(Cl)s2)CCO1. The van der Waals surface area contributed by atoms with Crippen LogP contribution in [0.5, 0.6) is 0 Å². The van der Waals surface area contributed by atoms with E-state index in [0.29, 0.717) is 30.6 Å². The fourth-order valence-corrected chi connectivity index (χ4v) is 4.71. The predicted molar refractivity (Wildman–Crippen MR) is 66.9 cm³/mol. The van der Waals surface area contributed by atoms with Crippen LogP contribution < -0.4 is 5.73 Å². The van der Waals surface area contributed by atoms with Crippen molar-refractivity contribution >= 4 is 33.0 Å². The summed E-state index contributed by atoms with van der Waals surface area (Å²) in [6.45, 7) is 1.35. The Labute approximate surface area is 109 Å². The minimum atomic E-state index is -3.45. The van der Waals surface area contributed by atoms with Crippen molar-refractivity contribution in [1.82, 2.24) is 4.31 Å². The molecule has 1 aromatic heterocycles. The molecule has 2 N–H and O–H groups in total. The first kappa shape index (κ1) is 13.3. The van der Waals surface area contributed by atoms with Crippen LogP contribution in [0.15, 0.2) is 16.3 Å². The maximum atomic E-state index is 12.2. The van der Waals surface area contributed by atoms with Gasteiger partial charge in [0.1, 0.15) is 4.21 Å². The molecular weight excluding hydrogens is 284 g/mol. The highest BCUT2D eigenvalue weighted by Crippen LogP contribution is 2.28. The lowest BCUT2D eigenvalue weighted by atomic mass is 10.3. The second-order valence-electron chi connectivity index (χ2n) is 3.65. The third-order valence-electron chi connectivity index (χ3n) is 2.51. The monoisotopic (exact) mass is 296 g/mol. The second-order valence-corrected chi connectivity index (χ2v) is 7.53. The van der Waals surface area contributed by atoms with Crippen molar-refractivity contribution in [2.45, 2.75) is 10.3 Å². The molecule has 1 aromatic rings. The topological polar surface area (TPSA) is 72.6 Å². The fourth-order valence-electron chi connectivity index (χ4n) is 1.62. The third-order valence-corrected chi connectivity index (χ3v) is 6.07. The van der Waals surface area contributed by atoms with Gasteiger partial charge in [0.2, 0.25) is 0 Å². The highest BCUT2D eigenvalue weighted by molar-refractivity contribution is 7.91. The molecule has 2 rings (SSSR count). The zero-order valence-electron chi connectivity index (χ0n) is 9.00. The molecule has 1 aliphatic heterocycles. The number of ether oxygens (including phenoxy) is 1. The Kier molecular flexibility index (Phi) is 4.06. The van der Waals surface area contributed by atoms with Gasteiger partial charge in [-0.1, -0.05) is 11.6 Å². The van der Waals surface area contributed by atoms with Crippen molar-refractivity contribution in [2.24, 2.45) is 5.73 Å². The summed E-state index contributed by atoms with van der Waals surface area (Å²) >= 11 is 6.81. The van der Waals surface area contributed by atoms with Crippen LogP contribution in [0.25, 0.3) is 0 Å². The number of halogens is 1. The Hall–Kier alpha value is -0.180. The molecule has 0 amide bonds. The molecule has 96 valence electrons. The van der Waals surface area contributed by atoms with Gasteiger partial charge in [0.15, 0.2) is 0 Å². The van der Waals surface area contributed by atoms with Gasteiger partial charge in [0.05, 0.1) is 17.0 Å². The molecule has 1 fully saturated rings. The minimum absolute atomic E-state index is 0.228. The lowest BCUT2D eigenvalue weighted by Crippen LogP contribution is -2.47. The maximum absolute atomic E-state index is 12.2. The van der Waals surface area contributed by atoms with Gasteiger partial charge < -0.3 is 10.5 Å². The summed E-state index contributed by atoms with van der Waals surface area (Å²) in [5.74, 6) is 0. The van der Waals surface area contributed by atoms with Crippen LogP contribution in [0.2, 0.25) is 4.34 Å². The predicted octanol–water partition coefficient (Wildman–Crippen LogP) is 0.750. The molecule has 0 radical (unpaired) electrons. The van der Waals surface area contributed by atoms with Gasteiger partial charge >= 0.3 is 0 Å². The first-order valence-corrected chi connectivity index (χ1v) is 7.74. The molecule has 0 saturated carbocycles. The van der Waals surface area contributed by atoms with Crippen molar-refractivity contribution in [3.05, 3.63) is 16.5 Å². The average molecular weight is 297 g/mol. The molecule has 5 nitrogen and oxygen atoms in total. The van der Waals surface area contributed by atoms with Gasteiger partial charge in [0.25, 0.3) is 10.0 Å². The van der Waals surface area contributed by atoms with Crippen LogP contribution >= 0.6 is 22.9 Å². The normalized spacial score (nSPS) is 22.8. The van der Waals surface area contributed by atoms with E-state index in [1.165, 1.54) is 10.4 Å². The number of rotatable bonds is 3.